The summed E-state index contributed by atoms with van der Waals surface area (Å²) < 4.78 is 16.7. The molecule has 0 bridgehead atoms. The zero-order chi connectivity index (χ0) is 22.5. The third-order valence-corrected chi connectivity index (χ3v) is 5.20. The number of hydrogen-bond acceptors (Lipinski definition) is 5. The highest BCUT2D eigenvalue weighted by molar-refractivity contribution is 6.30. The van der Waals surface area contributed by atoms with Crippen molar-refractivity contribution in [2.45, 2.75) is 6.54 Å². The molecule has 1 heterocycles. The van der Waals surface area contributed by atoms with E-state index in [1.165, 1.54) is 0 Å². The van der Waals surface area contributed by atoms with E-state index in [0.717, 1.165) is 11.1 Å². The molecule has 0 fully saturated rings. The molecular formula is C25H21ClN2O4. The minimum Gasteiger partial charge on any atom is -0.497 e. The van der Waals surface area contributed by atoms with E-state index in [9.17, 15) is 4.79 Å². The minimum absolute atomic E-state index is 0.225. The van der Waals surface area contributed by atoms with E-state index >= 15 is 0 Å². The van der Waals surface area contributed by atoms with E-state index in [0.29, 0.717) is 45.8 Å². The largest absolute Gasteiger partial charge is 0.497 e. The van der Waals surface area contributed by atoms with Crippen molar-refractivity contribution in [2.75, 3.05) is 14.2 Å². The molecule has 0 aliphatic rings. The number of benzene rings is 3. The Balaban J connectivity index is 1.59. The lowest BCUT2D eigenvalue weighted by atomic mass is 10.1. The molecule has 0 aliphatic heterocycles. The van der Waals surface area contributed by atoms with Crippen LogP contribution in [0.3, 0.4) is 0 Å². The van der Waals surface area contributed by atoms with Crippen LogP contribution in [0.15, 0.2) is 77.3 Å². The van der Waals surface area contributed by atoms with Gasteiger partial charge in [-0.15, -0.1) is 0 Å². The van der Waals surface area contributed by atoms with Gasteiger partial charge in [0.05, 0.1) is 31.5 Å². The second-order valence-corrected chi connectivity index (χ2v) is 7.39. The number of hydrogen-bond donors (Lipinski definition) is 1. The topological polar surface area (TPSA) is 73.6 Å². The fourth-order valence-electron chi connectivity index (χ4n) is 3.27. The quantitative estimate of drug-likeness (QED) is 0.398. The number of oxazole rings is 1. The summed E-state index contributed by atoms with van der Waals surface area (Å²) in [7, 11) is 3.17. The normalized spacial score (nSPS) is 10.6. The third-order valence-electron chi connectivity index (χ3n) is 4.95. The molecule has 1 N–H and O–H groups in total. The number of aromatic nitrogens is 1. The van der Waals surface area contributed by atoms with Gasteiger partial charge in [0.25, 0.3) is 5.91 Å². The second-order valence-electron chi connectivity index (χ2n) is 6.95. The molecule has 162 valence electrons. The van der Waals surface area contributed by atoms with Gasteiger partial charge in [-0.2, -0.15) is 0 Å². The molecular weight excluding hydrogens is 428 g/mol. The molecule has 0 saturated carbocycles. The average Bonchev–Trinajstić information content (AvgIpc) is 3.33. The Morgan fingerprint density at radius 3 is 2.53 bits per heavy atom. The minimum atomic E-state index is -0.225. The first-order chi connectivity index (χ1) is 15.6. The van der Waals surface area contributed by atoms with Gasteiger partial charge in [0.1, 0.15) is 11.5 Å². The molecule has 6 nitrogen and oxygen atoms in total. The summed E-state index contributed by atoms with van der Waals surface area (Å²) in [5.41, 5.74) is 2.75. The van der Waals surface area contributed by atoms with Gasteiger partial charge in [-0.05, 0) is 42.0 Å². The number of nitrogens with one attached hydrogen (secondary N) is 1. The number of ether oxygens (including phenoxy) is 2. The molecule has 0 atom stereocenters. The van der Waals surface area contributed by atoms with Gasteiger partial charge in [0.15, 0.2) is 5.76 Å². The Morgan fingerprint density at radius 1 is 1.00 bits per heavy atom. The van der Waals surface area contributed by atoms with Crippen molar-refractivity contribution in [3.05, 3.63) is 89.1 Å². The number of amides is 1. The van der Waals surface area contributed by atoms with Crippen molar-refractivity contribution in [2.24, 2.45) is 0 Å². The van der Waals surface area contributed by atoms with E-state index in [2.05, 4.69) is 10.3 Å². The van der Waals surface area contributed by atoms with Crippen molar-refractivity contribution in [3.63, 3.8) is 0 Å². The van der Waals surface area contributed by atoms with Crippen molar-refractivity contribution in [3.8, 4) is 34.3 Å². The van der Waals surface area contributed by atoms with E-state index in [1.54, 1.807) is 56.8 Å². The van der Waals surface area contributed by atoms with Crippen LogP contribution in [0.5, 0.6) is 11.5 Å². The standard InChI is InChI=1S/C25H21ClN2O4/c1-30-18-11-12-21(22(13-18)31-2)23-15-28-25(32-23)20-6-4-3-5-19(20)24(29)27-14-16-7-9-17(26)10-8-16/h3-13,15H,14H2,1-2H3,(H,27,29). The summed E-state index contributed by atoms with van der Waals surface area (Å²) in [6.45, 7) is 0.379. The van der Waals surface area contributed by atoms with E-state index in [1.807, 2.05) is 30.3 Å². The Hall–Kier alpha value is -3.77. The summed E-state index contributed by atoms with van der Waals surface area (Å²) in [6, 6.07) is 19.9. The Kier molecular flexibility index (Phi) is 6.42. The zero-order valence-electron chi connectivity index (χ0n) is 17.6. The summed E-state index contributed by atoms with van der Waals surface area (Å²) in [5.74, 6) is 1.91. The van der Waals surface area contributed by atoms with Crippen molar-refractivity contribution < 1.29 is 18.7 Å². The number of nitrogens with zero attached hydrogens (tertiary/aromatic N) is 1. The molecule has 1 aromatic heterocycles. The van der Waals surface area contributed by atoms with Crippen LogP contribution in [-0.2, 0) is 6.54 Å². The predicted molar refractivity (Wildman–Crippen MR) is 123 cm³/mol. The number of carbonyl (C=O) groups excluding carboxylic acids is 1. The number of carbonyl (C=O) groups is 1. The van der Waals surface area contributed by atoms with E-state index in [-0.39, 0.29) is 5.91 Å². The number of halogens is 1. The first kappa shape index (κ1) is 21.5. The molecule has 0 spiro atoms. The van der Waals surface area contributed by atoms with Crippen molar-refractivity contribution in [1.29, 1.82) is 0 Å². The molecule has 1 amide bonds. The molecule has 3 aromatic carbocycles. The molecule has 4 aromatic rings. The van der Waals surface area contributed by atoms with Crippen molar-refractivity contribution >= 4 is 17.5 Å². The molecule has 32 heavy (non-hydrogen) atoms. The fourth-order valence-corrected chi connectivity index (χ4v) is 3.40. The van der Waals surface area contributed by atoms with Crippen molar-refractivity contribution in [1.82, 2.24) is 10.3 Å². The summed E-state index contributed by atoms with van der Waals surface area (Å²) in [6.07, 6.45) is 1.61. The molecule has 0 aliphatic carbocycles. The molecule has 4 rings (SSSR count). The van der Waals surface area contributed by atoms with Gasteiger partial charge in [-0.3, -0.25) is 4.79 Å². The van der Waals surface area contributed by atoms with E-state index in [4.69, 9.17) is 25.5 Å². The van der Waals surface area contributed by atoms with Crippen LogP contribution < -0.4 is 14.8 Å². The highest BCUT2D eigenvalue weighted by atomic mass is 35.5. The van der Waals surface area contributed by atoms with Crippen LogP contribution in [0.2, 0.25) is 5.02 Å². The average molecular weight is 449 g/mol. The summed E-state index contributed by atoms with van der Waals surface area (Å²) in [4.78, 5) is 17.3. The van der Waals surface area contributed by atoms with E-state index < -0.39 is 0 Å². The summed E-state index contributed by atoms with van der Waals surface area (Å²) in [5, 5.41) is 3.58. The Morgan fingerprint density at radius 2 is 1.78 bits per heavy atom. The highest BCUT2D eigenvalue weighted by Gasteiger charge is 2.18. The van der Waals surface area contributed by atoms with Gasteiger partial charge in [0, 0.05) is 23.2 Å². The fraction of sp³-hybridized carbons (Fsp3) is 0.120. The van der Waals surface area contributed by atoms with Crippen LogP contribution >= 0.6 is 11.6 Å². The molecule has 7 heteroatoms. The highest BCUT2D eigenvalue weighted by Crippen LogP contribution is 2.35. The lowest BCUT2D eigenvalue weighted by Gasteiger charge is -2.09. The lowest BCUT2D eigenvalue weighted by Crippen LogP contribution is -2.23. The maximum Gasteiger partial charge on any atom is 0.252 e. The smallest absolute Gasteiger partial charge is 0.252 e. The number of rotatable bonds is 7. The zero-order valence-corrected chi connectivity index (χ0v) is 18.3. The van der Waals surface area contributed by atoms with Gasteiger partial charge in [-0.1, -0.05) is 35.9 Å². The molecule has 0 unspecified atom stereocenters. The van der Waals surface area contributed by atoms with Crippen LogP contribution in [0.1, 0.15) is 15.9 Å². The Labute approximate surface area is 190 Å². The number of methoxy groups -OCH3 is 2. The maximum absolute atomic E-state index is 12.9. The van der Waals surface area contributed by atoms with Gasteiger partial charge in [0.2, 0.25) is 5.89 Å². The van der Waals surface area contributed by atoms with Crippen LogP contribution in [0, 0.1) is 0 Å². The molecule has 0 radical (unpaired) electrons. The predicted octanol–water partition coefficient (Wildman–Crippen LogP) is 5.61. The Bertz CT molecular complexity index is 1230. The summed E-state index contributed by atoms with van der Waals surface area (Å²) >= 11 is 5.92. The maximum atomic E-state index is 12.9. The first-order valence-corrected chi connectivity index (χ1v) is 10.3. The monoisotopic (exact) mass is 448 g/mol. The third kappa shape index (κ3) is 4.60. The van der Waals surface area contributed by atoms with Gasteiger partial charge in [-0.25, -0.2) is 4.98 Å². The molecule has 0 saturated heterocycles. The second kappa shape index (κ2) is 9.58. The van der Waals surface area contributed by atoms with Crippen LogP contribution in [0.4, 0.5) is 0 Å². The van der Waals surface area contributed by atoms with Gasteiger partial charge >= 0.3 is 0 Å². The van der Waals surface area contributed by atoms with Crippen LogP contribution in [-0.4, -0.2) is 25.1 Å². The SMILES string of the molecule is COc1ccc(-c2cnc(-c3ccccc3C(=O)NCc3ccc(Cl)cc3)o2)c(OC)c1. The van der Waals surface area contributed by atoms with Gasteiger partial charge < -0.3 is 19.2 Å². The first-order valence-electron chi connectivity index (χ1n) is 9.89. The lowest BCUT2D eigenvalue weighted by molar-refractivity contribution is 0.0951. The van der Waals surface area contributed by atoms with Crippen LogP contribution in [0.25, 0.3) is 22.8 Å².